The topological polar surface area (TPSA) is 35.5 Å². The third-order valence-electron chi connectivity index (χ3n) is 2.71. The number of hydrogen-bond donors (Lipinski definition) is 0. The summed E-state index contributed by atoms with van der Waals surface area (Å²) >= 11 is 12.2. The van der Waals surface area contributed by atoms with Gasteiger partial charge >= 0.3 is 5.97 Å². The Balaban J connectivity index is 2.73. The number of esters is 1. The highest BCUT2D eigenvalue weighted by Gasteiger charge is 2.25. The van der Waals surface area contributed by atoms with E-state index in [0.717, 1.165) is 6.42 Å². The monoisotopic (exact) mass is 332 g/mol. The van der Waals surface area contributed by atoms with Gasteiger partial charge < -0.3 is 9.47 Å². The first kappa shape index (κ1) is 18.3. The Hall–Kier alpha value is -0.770. The van der Waals surface area contributed by atoms with Crippen LogP contribution in [0.2, 0.25) is 10.0 Å². The molecular weight excluding hydrogens is 311 g/mol. The molecular formula is C16H22Cl2O3. The highest BCUT2D eigenvalue weighted by molar-refractivity contribution is 6.35. The average Bonchev–Trinajstić information content (AvgIpc) is 2.34. The molecule has 0 saturated heterocycles. The van der Waals surface area contributed by atoms with Gasteiger partial charge in [0, 0.05) is 15.6 Å². The molecule has 3 nitrogen and oxygen atoms in total. The Morgan fingerprint density at radius 3 is 2.29 bits per heavy atom. The van der Waals surface area contributed by atoms with Crippen molar-refractivity contribution in [1.29, 1.82) is 0 Å². The number of rotatable bonds is 6. The Labute approximate surface area is 136 Å². The van der Waals surface area contributed by atoms with Crippen LogP contribution in [0.15, 0.2) is 18.2 Å². The molecule has 0 bridgehead atoms. The zero-order valence-electron chi connectivity index (χ0n) is 12.9. The Bertz CT molecular complexity index is 461. The lowest BCUT2D eigenvalue weighted by atomic mass is 10.1. The maximum absolute atomic E-state index is 12.1. The van der Waals surface area contributed by atoms with Gasteiger partial charge in [-0.25, -0.2) is 4.79 Å². The van der Waals surface area contributed by atoms with Crippen molar-refractivity contribution in [2.75, 3.05) is 0 Å². The zero-order chi connectivity index (χ0) is 16.0. The van der Waals surface area contributed by atoms with Crippen molar-refractivity contribution in [2.24, 2.45) is 0 Å². The molecule has 1 rings (SSSR count). The standard InChI is InChI=1S/C16H22Cl2O3/c1-5-7-14(15(19)21-16(2,3)4)20-10-11-12(17)8-6-9-13(11)18/h6,8-9,14H,5,7,10H2,1-4H3. The molecule has 0 N–H and O–H groups in total. The highest BCUT2D eigenvalue weighted by atomic mass is 35.5. The van der Waals surface area contributed by atoms with E-state index in [9.17, 15) is 4.79 Å². The fraction of sp³-hybridized carbons (Fsp3) is 0.562. The molecule has 0 aliphatic heterocycles. The first-order valence-corrected chi connectivity index (χ1v) is 7.77. The summed E-state index contributed by atoms with van der Waals surface area (Å²) in [5, 5.41) is 1.06. The Kier molecular flexibility index (Phi) is 6.98. The van der Waals surface area contributed by atoms with Gasteiger partial charge in [-0.15, -0.1) is 0 Å². The second-order valence-corrected chi connectivity index (χ2v) is 6.64. The summed E-state index contributed by atoms with van der Waals surface area (Å²) in [6.07, 6.45) is 0.804. The summed E-state index contributed by atoms with van der Waals surface area (Å²) in [5.74, 6) is -0.354. The zero-order valence-corrected chi connectivity index (χ0v) is 14.4. The first-order valence-electron chi connectivity index (χ1n) is 7.02. The van der Waals surface area contributed by atoms with Crippen molar-refractivity contribution in [2.45, 2.75) is 58.8 Å². The van der Waals surface area contributed by atoms with Crippen LogP contribution < -0.4 is 0 Å². The van der Waals surface area contributed by atoms with E-state index in [1.807, 2.05) is 27.7 Å². The predicted octanol–water partition coefficient (Wildman–Crippen LogP) is 5.02. The number of carbonyl (C=O) groups is 1. The summed E-state index contributed by atoms with van der Waals surface area (Å²) in [6, 6.07) is 5.26. The smallest absolute Gasteiger partial charge is 0.335 e. The van der Waals surface area contributed by atoms with Crippen LogP contribution in [-0.2, 0) is 20.9 Å². The van der Waals surface area contributed by atoms with E-state index in [4.69, 9.17) is 32.7 Å². The molecule has 1 atom stereocenters. The number of carbonyl (C=O) groups excluding carboxylic acids is 1. The lowest BCUT2D eigenvalue weighted by molar-refractivity contribution is -0.170. The number of benzene rings is 1. The molecule has 1 unspecified atom stereocenters. The first-order chi connectivity index (χ1) is 9.74. The molecule has 0 amide bonds. The highest BCUT2D eigenvalue weighted by Crippen LogP contribution is 2.26. The van der Waals surface area contributed by atoms with Crippen molar-refractivity contribution in [3.8, 4) is 0 Å². The molecule has 0 aromatic heterocycles. The van der Waals surface area contributed by atoms with Gasteiger partial charge in [-0.3, -0.25) is 0 Å². The molecule has 0 aliphatic rings. The van der Waals surface area contributed by atoms with Crippen LogP contribution in [0, 0.1) is 0 Å². The fourth-order valence-electron chi connectivity index (χ4n) is 1.75. The van der Waals surface area contributed by atoms with E-state index in [1.54, 1.807) is 18.2 Å². The van der Waals surface area contributed by atoms with E-state index < -0.39 is 11.7 Å². The van der Waals surface area contributed by atoms with Gasteiger partial charge in [-0.2, -0.15) is 0 Å². The lowest BCUT2D eigenvalue weighted by Crippen LogP contribution is -2.33. The maximum Gasteiger partial charge on any atom is 0.335 e. The largest absolute Gasteiger partial charge is 0.458 e. The van der Waals surface area contributed by atoms with Crippen molar-refractivity contribution in [3.63, 3.8) is 0 Å². The van der Waals surface area contributed by atoms with Crippen LogP contribution in [-0.4, -0.2) is 17.7 Å². The molecule has 0 radical (unpaired) electrons. The lowest BCUT2D eigenvalue weighted by Gasteiger charge is -2.24. The third kappa shape index (κ3) is 6.25. The van der Waals surface area contributed by atoms with Crippen LogP contribution in [0.4, 0.5) is 0 Å². The fourth-order valence-corrected chi connectivity index (χ4v) is 2.26. The van der Waals surface area contributed by atoms with Crippen LogP contribution in [0.25, 0.3) is 0 Å². The minimum absolute atomic E-state index is 0.183. The van der Waals surface area contributed by atoms with Gasteiger partial charge in [0.15, 0.2) is 6.10 Å². The normalized spacial score (nSPS) is 13.0. The summed E-state index contributed by atoms with van der Waals surface area (Å²) < 4.78 is 11.1. The van der Waals surface area contributed by atoms with Gasteiger partial charge in [-0.05, 0) is 39.3 Å². The second kappa shape index (κ2) is 8.02. The van der Waals surface area contributed by atoms with Crippen molar-refractivity contribution in [3.05, 3.63) is 33.8 Å². The summed E-state index contributed by atoms with van der Waals surface area (Å²) in [7, 11) is 0. The van der Waals surface area contributed by atoms with E-state index in [2.05, 4.69) is 0 Å². The van der Waals surface area contributed by atoms with Crippen LogP contribution in [0.5, 0.6) is 0 Å². The molecule has 0 heterocycles. The van der Waals surface area contributed by atoms with Gasteiger partial charge in [-0.1, -0.05) is 42.6 Å². The van der Waals surface area contributed by atoms with Gasteiger partial charge in [0.25, 0.3) is 0 Å². The number of hydrogen-bond acceptors (Lipinski definition) is 3. The summed E-state index contributed by atoms with van der Waals surface area (Å²) in [6.45, 7) is 7.67. The van der Waals surface area contributed by atoms with E-state index >= 15 is 0 Å². The minimum atomic E-state index is -0.610. The molecule has 0 saturated carbocycles. The molecule has 5 heteroatoms. The average molecular weight is 333 g/mol. The number of halogens is 2. The van der Waals surface area contributed by atoms with Crippen LogP contribution in [0.3, 0.4) is 0 Å². The SMILES string of the molecule is CCCC(OCc1c(Cl)cccc1Cl)C(=O)OC(C)(C)C. The Morgan fingerprint density at radius 1 is 1.24 bits per heavy atom. The molecule has 1 aromatic rings. The minimum Gasteiger partial charge on any atom is -0.458 e. The summed E-state index contributed by atoms with van der Waals surface area (Å²) in [5.41, 5.74) is 0.152. The van der Waals surface area contributed by atoms with E-state index in [-0.39, 0.29) is 12.6 Å². The molecule has 118 valence electrons. The van der Waals surface area contributed by atoms with Crippen LogP contribution in [0.1, 0.15) is 46.1 Å². The Morgan fingerprint density at radius 2 is 1.81 bits per heavy atom. The van der Waals surface area contributed by atoms with Crippen LogP contribution >= 0.6 is 23.2 Å². The van der Waals surface area contributed by atoms with Crippen molar-refractivity contribution < 1.29 is 14.3 Å². The molecule has 0 aliphatic carbocycles. The van der Waals surface area contributed by atoms with Gasteiger partial charge in [0.2, 0.25) is 0 Å². The number of ether oxygens (including phenoxy) is 2. The molecule has 21 heavy (non-hydrogen) atoms. The molecule has 0 spiro atoms. The third-order valence-corrected chi connectivity index (χ3v) is 3.42. The summed E-state index contributed by atoms with van der Waals surface area (Å²) in [4.78, 5) is 12.1. The van der Waals surface area contributed by atoms with Crippen molar-refractivity contribution in [1.82, 2.24) is 0 Å². The van der Waals surface area contributed by atoms with Gasteiger partial charge in [0.1, 0.15) is 5.60 Å². The van der Waals surface area contributed by atoms with E-state index in [0.29, 0.717) is 22.0 Å². The predicted molar refractivity (Wildman–Crippen MR) is 85.8 cm³/mol. The second-order valence-electron chi connectivity index (χ2n) is 5.82. The quantitative estimate of drug-likeness (QED) is 0.686. The maximum atomic E-state index is 12.1. The van der Waals surface area contributed by atoms with Gasteiger partial charge in [0.05, 0.1) is 6.61 Å². The molecule has 1 aromatic carbocycles. The van der Waals surface area contributed by atoms with Crippen molar-refractivity contribution >= 4 is 29.2 Å². The van der Waals surface area contributed by atoms with E-state index in [1.165, 1.54) is 0 Å². The molecule has 0 fully saturated rings.